The number of ether oxygens (including phenoxy) is 1. The Bertz CT molecular complexity index is 1010. The molecule has 2 aliphatic rings. The molecule has 7 heteroatoms. The van der Waals surface area contributed by atoms with E-state index in [1.165, 1.54) is 23.1 Å². The van der Waals surface area contributed by atoms with Crippen LogP contribution in [0, 0.1) is 5.82 Å². The highest BCUT2D eigenvalue weighted by Crippen LogP contribution is 2.39. The average Bonchev–Trinajstić information content (AvgIpc) is 3.33. The second-order valence-electron chi connectivity index (χ2n) is 8.12. The van der Waals surface area contributed by atoms with Crippen LogP contribution in [0.15, 0.2) is 42.5 Å². The smallest absolute Gasteiger partial charge is 0.261 e. The first-order valence-corrected chi connectivity index (χ1v) is 10.5. The normalized spacial score (nSPS) is 17.2. The van der Waals surface area contributed by atoms with Crippen molar-refractivity contribution in [3.63, 3.8) is 0 Å². The first-order chi connectivity index (χ1) is 14.9. The zero-order valence-electron chi connectivity index (χ0n) is 17.4. The van der Waals surface area contributed by atoms with Gasteiger partial charge in [0.05, 0.1) is 16.7 Å². The van der Waals surface area contributed by atoms with Gasteiger partial charge in [0.2, 0.25) is 0 Å². The van der Waals surface area contributed by atoms with E-state index >= 15 is 0 Å². The molecule has 0 radical (unpaired) electrons. The van der Waals surface area contributed by atoms with Gasteiger partial charge in [0, 0.05) is 25.8 Å². The number of imide groups is 1. The van der Waals surface area contributed by atoms with Crippen LogP contribution in [0.5, 0.6) is 0 Å². The minimum absolute atomic E-state index is 0.248. The maximum atomic E-state index is 13.4. The lowest BCUT2D eigenvalue weighted by Gasteiger charge is -2.31. The lowest BCUT2D eigenvalue weighted by molar-refractivity contribution is 0.0638. The molecule has 0 spiro atoms. The minimum atomic E-state index is -0.560. The van der Waals surface area contributed by atoms with Crippen LogP contribution >= 0.6 is 0 Å². The molecule has 0 bridgehead atoms. The van der Waals surface area contributed by atoms with Gasteiger partial charge in [-0.25, -0.2) is 4.39 Å². The molecule has 0 aromatic heterocycles. The van der Waals surface area contributed by atoms with E-state index in [0.29, 0.717) is 24.2 Å². The fraction of sp³-hybridized carbons (Fsp3) is 0.375. The number of hydrogen-bond donors (Lipinski definition) is 1. The van der Waals surface area contributed by atoms with Crippen molar-refractivity contribution in [1.82, 2.24) is 10.2 Å². The topological polar surface area (TPSA) is 75.7 Å². The van der Waals surface area contributed by atoms with Gasteiger partial charge in [-0.1, -0.05) is 25.0 Å². The Morgan fingerprint density at radius 1 is 1.06 bits per heavy atom. The Kier molecular flexibility index (Phi) is 5.87. The Morgan fingerprint density at radius 3 is 2.42 bits per heavy atom. The van der Waals surface area contributed by atoms with Crippen LogP contribution in [0.2, 0.25) is 0 Å². The summed E-state index contributed by atoms with van der Waals surface area (Å²) in [5.41, 5.74) is 1.20. The number of carbonyl (C=O) groups is 3. The van der Waals surface area contributed by atoms with Crippen molar-refractivity contribution in [1.29, 1.82) is 0 Å². The van der Waals surface area contributed by atoms with E-state index < -0.39 is 5.54 Å². The molecule has 6 nitrogen and oxygen atoms in total. The molecule has 1 aliphatic carbocycles. The molecule has 162 valence electrons. The number of amides is 3. The zero-order valence-corrected chi connectivity index (χ0v) is 17.4. The Morgan fingerprint density at radius 2 is 1.74 bits per heavy atom. The van der Waals surface area contributed by atoms with Crippen LogP contribution in [-0.4, -0.2) is 42.9 Å². The molecule has 0 unspecified atom stereocenters. The Labute approximate surface area is 180 Å². The molecule has 1 aliphatic heterocycles. The molecule has 2 aromatic carbocycles. The molecule has 0 atom stereocenters. The fourth-order valence-electron chi connectivity index (χ4n) is 4.52. The van der Waals surface area contributed by atoms with Crippen molar-refractivity contribution >= 4 is 17.7 Å². The van der Waals surface area contributed by atoms with Gasteiger partial charge >= 0.3 is 0 Å². The first-order valence-electron chi connectivity index (χ1n) is 10.5. The van der Waals surface area contributed by atoms with Crippen LogP contribution in [0.1, 0.15) is 68.7 Å². The molecule has 0 saturated heterocycles. The van der Waals surface area contributed by atoms with Gasteiger partial charge < -0.3 is 10.1 Å². The number of nitrogens with one attached hydrogen (secondary N) is 1. The molecule has 1 saturated carbocycles. The van der Waals surface area contributed by atoms with E-state index in [1.807, 2.05) is 0 Å². The van der Waals surface area contributed by atoms with Gasteiger partial charge in [-0.05, 0) is 55.2 Å². The van der Waals surface area contributed by atoms with E-state index in [1.54, 1.807) is 31.4 Å². The molecule has 3 amide bonds. The summed E-state index contributed by atoms with van der Waals surface area (Å²) in [4.78, 5) is 39.6. The van der Waals surface area contributed by atoms with E-state index in [9.17, 15) is 18.8 Å². The highest BCUT2D eigenvalue weighted by molar-refractivity contribution is 6.22. The van der Waals surface area contributed by atoms with Gasteiger partial charge in [0.25, 0.3) is 17.7 Å². The predicted octanol–water partition coefficient (Wildman–Crippen LogP) is 3.66. The molecular formula is C24H25FN2O4. The number of fused-ring (bicyclic) bond motifs is 1. The molecule has 1 N–H and O–H groups in total. The third-order valence-corrected chi connectivity index (χ3v) is 6.17. The van der Waals surface area contributed by atoms with Crippen LogP contribution in [0.25, 0.3) is 0 Å². The largest absolute Gasteiger partial charge is 0.385 e. The summed E-state index contributed by atoms with van der Waals surface area (Å²) in [7, 11) is 1.57. The lowest BCUT2D eigenvalue weighted by atomic mass is 9.87. The fourth-order valence-corrected chi connectivity index (χ4v) is 4.52. The summed E-state index contributed by atoms with van der Waals surface area (Å²) in [6.07, 6.45) is 4.01. The molecule has 4 rings (SSSR count). The lowest BCUT2D eigenvalue weighted by Crippen LogP contribution is -2.43. The van der Waals surface area contributed by atoms with Crippen molar-refractivity contribution < 1.29 is 23.5 Å². The zero-order chi connectivity index (χ0) is 22.0. The average molecular weight is 424 g/mol. The maximum Gasteiger partial charge on any atom is 0.261 e. The second kappa shape index (κ2) is 8.59. The molecular weight excluding hydrogens is 399 g/mol. The monoisotopic (exact) mass is 424 g/mol. The van der Waals surface area contributed by atoms with Gasteiger partial charge in [-0.15, -0.1) is 0 Å². The Hall–Kier alpha value is -3.06. The van der Waals surface area contributed by atoms with Gasteiger partial charge in [-0.3, -0.25) is 19.3 Å². The third-order valence-electron chi connectivity index (χ3n) is 6.17. The van der Waals surface area contributed by atoms with E-state index in [0.717, 1.165) is 31.2 Å². The van der Waals surface area contributed by atoms with E-state index in [-0.39, 0.29) is 35.6 Å². The third kappa shape index (κ3) is 3.97. The highest BCUT2D eigenvalue weighted by Gasteiger charge is 2.39. The van der Waals surface area contributed by atoms with Gasteiger partial charge in [0.1, 0.15) is 5.82 Å². The standard InChI is InChI=1S/C24H25FN2O4/c1-31-14-4-13-27-22(29)19-10-5-16(15-20(19)23(27)30)21(28)26-24(11-2-3-12-24)17-6-8-18(25)9-7-17/h5-10,15H,2-4,11-14H2,1H3,(H,26,28). The number of benzene rings is 2. The van der Waals surface area contributed by atoms with Crippen molar-refractivity contribution in [2.24, 2.45) is 0 Å². The van der Waals surface area contributed by atoms with Crippen molar-refractivity contribution in [2.45, 2.75) is 37.6 Å². The number of halogens is 1. The number of carbonyl (C=O) groups excluding carboxylic acids is 3. The van der Waals surface area contributed by atoms with Gasteiger partial charge in [-0.2, -0.15) is 0 Å². The van der Waals surface area contributed by atoms with E-state index in [2.05, 4.69) is 5.32 Å². The summed E-state index contributed by atoms with van der Waals surface area (Å²) in [6.45, 7) is 0.724. The maximum absolute atomic E-state index is 13.4. The number of hydrogen-bond acceptors (Lipinski definition) is 4. The second-order valence-corrected chi connectivity index (χ2v) is 8.12. The summed E-state index contributed by atoms with van der Waals surface area (Å²) >= 11 is 0. The highest BCUT2D eigenvalue weighted by atomic mass is 19.1. The quantitative estimate of drug-likeness (QED) is 0.544. The first kappa shape index (κ1) is 21.2. The molecule has 31 heavy (non-hydrogen) atoms. The summed E-state index contributed by atoms with van der Waals surface area (Å²) in [5.74, 6) is -1.37. The molecule has 1 heterocycles. The summed E-state index contributed by atoms with van der Waals surface area (Å²) < 4.78 is 18.4. The van der Waals surface area contributed by atoms with Crippen molar-refractivity contribution in [3.05, 3.63) is 70.5 Å². The molecule has 2 aromatic rings. The SMILES string of the molecule is COCCCN1C(=O)c2ccc(C(=O)NC3(c4ccc(F)cc4)CCCC3)cc2C1=O. The Balaban J connectivity index is 1.56. The van der Waals surface area contributed by atoms with Crippen molar-refractivity contribution in [2.75, 3.05) is 20.3 Å². The van der Waals surface area contributed by atoms with Crippen LogP contribution in [0.4, 0.5) is 4.39 Å². The van der Waals surface area contributed by atoms with E-state index in [4.69, 9.17) is 4.74 Å². The van der Waals surface area contributed by atoms with Crippen LogP contribution in [0.3, 0.4) is 0 Å². The minimum Gasteiger partial charge on any atom is -0.385 e. The predicted molar refractivity (Wildman–Crippen MR) is 112 cm³/mol. The summed E-state index contributed by atoms with van der Waals surface area (Å²) in [6, 6.07) is 10.8. The van der Waals surface area contributed by atoms with Crippen molar-refractivity contribution in [3.8, 4) is 0 Å². The van der Waals surface area contributed by atoms with Crippen LogP contribution < -0.4 is 5.32 Å². The van der Waals surface area contributed by atoms with Crippen LogP contribution in [-0.2, 0) is 10.3 Å². The number of methoxy groups -OCH3 is 1. The van der Waals surface area contributed by atoms with Gasteiger partial charge in [0.15, 0.2) is 0 Å². The number of rotatable bonds is 7. The molecule has 1 fully saturated rings. The summed E-state index contributed by atoms with van der Waals surface area (Å²) in [5, 5.41) is 3.13. The number of nitrogens with zero attached hydrogens (tertiary/aromatic N) is 1.